The Morgan fingerprint density at radius 1 is 1.26 bits per heavy atom. The number of rotatable bonds is 4. The summed E-state index contributed by atoms with van der Waals surface area (Å²) in [4.78, 5) is 25.6. The molecule has 8 heteroatoms. The zero-order valence-corrected chi connectivity index (χ0v) is 14.3. The van der Waals surface area contributed by atoms with Crippen molar-refractivity contribution in [2.24, 2.45) is 5.92 Å². The highest BCUT2D eigenvalue weighted by Crippen LogP contribution is 2.22. The molecular formula is C15H22N6OS. The Balaban J connectivity index is 1.70. The molecule has 0 aromatic carbocycles. The Kier molecular flexibility index (Phi) is 4.90. The van der Waals surface area contributed by atoms with E-state index in [9.17, 15) is 4.79 Å². The number of aromatic nitrogens is 4. The molecule has 3 heterocycles. The second-order valence-corrected chi connectivity index (χ2v) is 6.92. The molecule has 0 spiro atoms. The molecule has 0 radical (unpaired) electrons. The first-order valence-corrected chi connectivity index (χ1v) is 8.82. The Morgan fingerprint density at radius 2 is 2.13 bits per heavy atom. The summed E-state index contributed by atoms with van der Waals surface area (Å²) in [6.45, 7) is 7.34. The molecule has 1 saturated heterocycles. The highest BCUT2D eigenvalue weighted by atomic mass is 32.1. The van der Waals surface area contributed by atoms with Gasteiger partial charge in [0, 0.05) is 37.8 Å². The number of hydrogen-bond donors (Lipinski definition) is 0. The van der Waals surface area contributed by atoms with E-state index in [-0.39, 0.29) is 17.9 Å². The minimum atomic E-state index is -0.288. The molecule has 0 unspecified atom stereocenters. The Hall–Kier alpha value is -1.96. The Labute approximate surface area is 140 Å². The largest absolute Gasteiger partial charge is 0.346 e. The molecule has 1 aliphatic heterocycles. The van der Waals surface area contributed by atoms with E-state index in [0.29, 0.717) is 0 Å². The number of carbonyl (C=O) groups excluding carboxylic acids is 1. The lowest BCUT2D eigenvalue weighted by Gasteiger charge is -2.28. The fourth-order valence-electron chi connectivity index (χ4n) is 2.95. The van der Waals surface area contributed by atoms with Gasteiger partial charge in [-0.3, -0.25) is 4.79 Å². The summed E-state index contributed by atoms with van der Waals surface area (Å²) in [6.07, 6.45) is 5.89. The minimum absolute atomic E-state index is 0.131. The predicted octanol–water partition coefficient (Wildman–Crippen LogP) is 1.67. The topological polar surface area (TPSA) is 67.2 Å². The summed E-state index contributed by atoms with van der Waals surface area (Å²) in [5.41, 5.74) is 0. The fourth-order valence-corrected chi connectivity index (χ4v) is 3.65. The molecule has 124 valence electrons. The number of thiazole rings is 1. The van der Waals surface area contributed by atoms with E-state index in [0.717, 1.165) is 37.7 Å². The third-order valence-electron chi connectivity index (χ3n) is 4.10. The third-order valence-corrected chi connectivity index (χ3v) is 4.94. The average Bonchev–Trinajstić information content (AvgIpc) is 3.18. The smallest absolute Gasteiger partial charge is 0.247 e. The van der Waals surface area contributed by atoms with Crippen molar-refractivity contribution >= 4 is 22.4 Å². The van der Waals surface area contributed by atoms with Crippen LogP contribution in [-0.2, 0) is 4.79 Å². The lowest BCUT2D eigenvalue weighted by Crippen LogP contribution is -2.41. The number of anilines is 1. The van der Waals surface area contributed by atoms with E-state index in [1.54, 1.807) is 22.3 Å². The molecule has 1 aliphatic rings. The summed E-state index contributed by atoms with van der Waals surface area (Å²) in [6, 6.07) is -0.288. The van der Waals surface area contributed by atoms with E-state index in [1.807, 2.05) is 30.3 Å². The van der Waals surface area contributed by atoms with Gasteiger partial charge in [-0.1, -0.05) is 13.8 Å². The second kappa shape index (κ2) is 7.08. The summed E-state index contributed by atoms with van der Waals surface area (Å²) < 4.78 is 1.68. The summed E-state index contributed by atoms with van der Waals surface area (Å²) in [5.74, 6) is 0.300. The Bertz CT molecular complexity index is 612. The van der Waals surface area contributed by atoms with Crippen LogP contribution >= 0.6 is 11.3 Å². The molecule has 2 aromatic rings. The van der Waals surface area contributed by atoms with Crippen LogP contribution in [0.4, 0.5) is 5.13 Å². The monoisotopic (exact) mass is 334 g/mol. The van der Waals surface area contributed by atoms with Crippen LogP contribution in [0.25, 0.3) is 0 Å². The first-order valence-electron chi connectivity index (χ1n) is 7.94. The summed E-state index contributed by atoms with van der Waals surface area (Å²) in [5, 5.41) is 7.20. The van der Waals surface area contributed by atoms with Crippen LogP contribution < -0.4 is 4.90 Å². The van der Waals surface area contributed by atoms with E-state index < -0.39 is 0 Å². The number of carbonyl (C=O) groups is 1. The van der Waals surface area contributed by atoms with Crippen molar-refractivity contribution in [3.8, 4) is 0 Å². The molecule has 7 nitrogen and oxygen atoms in total. The van der Waals surface area contributed by atoms with Gasteiger partial charge in [0.1, 0.15) is 18.7 Å². The van der Waals surface area contributed by atoms with Gasteiger partial charge >= 0.3 is 0 Å². The molecule has 2 aromatic heterocycles. The summed E-state index contributed by atoms with van der Waals surface area (Å²) >= 11 is 1.65. The Morgan fingerprint density at radius 3 is 2.78 bits per heavy atom. The first kappa shape index (κ1) is 15.9. The van der Waals surface area contributed by atoms with Crippen molar-refractivity contribution in [1.82, 2.24) is 24.6 Å². The number of nitrogens with zero attached hydrogens (tertiary/aromatic N) is 6. The molecule has 0 N–H and O–H groups in total. The molecule has 3 rings (SSSR count). The molecule has 23 heavy (non-hydrogen) atoms. The lowest BCUT2D eigenvalue weighted by molar-refractivity contribution is -0.136. The maximum atomic E-state index is 13.0. The van der Waals surface area contributed by atoms with Crippen LogP contribution in [0.1, 0.15) is 26.3 Å². The van der Waals surface area contributed by atoms with Crippen LogP contribution in [-0.4, -0.2) is 56.7 Å². The SMILES string of the molecule is CC(C)[C@H](C(=O)N1CCCN(c2nccs2)CC1)n1cncn1. The molecule has 1 fully saturated rings. The molecule has 0 bridgehead atoms. The molecule has 0 aliphatic carbocycles. The van der Waals surface area contributed by atoms with E-state index in [2.05, 4.69) is 20.0 Å². The van der Waals surface area contributed by atoms with Crippen LogP contribution in [0, 0.1) is 5.92 Å². The van der Waals surface area contributed by atoms with Crippen molar-refractivity contribution in [1.29, 1.82) is 0 Å². The maximum Gasteiger partial charge on any atom is 0.247 e. The average molecular weight is 334 g/mol. The highest BCUT2D eigenvalue weighted by molar-refractivity contribution is 7.13. The number of hydrogen-bond acceptors (Lipinski definition) is 6. The normalized spacial score (nSPS) is 17.3. The maximum absolute atomic E-state index is 13.0. The zero-order chi connectivity index (χ0) is 16.2. The molecular weight excluding hydrogens is 312 g/mol. The zero-order valence-electron chi connectivity index (χ0n) is 13.5. The van der Waals surface area contributed by atoms with Gasteiger partial charge in [-0.05, 0) is 12.3 Å². The van der Waals surface area contributed by atoms with Crippen molar-refractivity contribution in [2.75, 3.05) is 31.1 Å². The van der Waals surface area contributed by atoms with Gasteiger partial charge in [0.15, 0.2) is 5.13 Å². The van der Waals surface area contributed by atoms with Gasteiger partial charge in [-0.25, -0.2) is 14.6 Å². The number of amides is 1. The van der Waals surface area contributed by atoms with E-state index in [1.165, 1.54) is 6.33 Å². The van der Waals surface area contributed by atoms with Gasteiger partial charge in [-0.2, -0.15) is 5.10 Å². The van der Waals surface area contributed by atoms with Crippen LogP contribution in [0.15, 0.2) is 24.2 Å². The van der Waals surface area contributed by atoms with Crippen molar-refractivity contribution < 1.29 is 4.79 Å². The first-order chi connectivity index (χ1) is 11.2. The van der Waals surface area contributed by atoms with Crippen LogP contribution in [0.3, 0.4) is 0 Å². The van der Waals surface area contributed by atoms with Gasteiger partial charge < -0.3 is 9.80 Å². The van der Waals surface area contributed by atoms with Gasteiger partial charge in [-0.15, -0.1) is 11.3 Å². The second-order valence-electron chi connectivity index (χ2n) is 6.04. The van der Waals surface area contributed by atoms with Gasteiger partial charge in [0.05, 0.1) is 0 Å². The molecule has 0 saturated carbocycles. The van der Waals surface area contributed by atoms with Crippen molar-refractivity contribution in [3.05, 3.63) is 24.2 Å². The molecule has 1 atom stereocenters. The van der Waals surface area contributed by atoms with Crippen LogP contribution in [0.2, 0.25) is 0 Å². The minimum Gasteiger partial charge on any atom is -0.346 e. The third kappa shape index (κ3) is 3.52. The van der Waals surface area contributed by atoms with Gasteiger partial charge in [0.2, 0.25) is 5.91 Å². The van der Waals surface area contributed by atoms with Crippen molar-refractivity contribution in [3.63, 3.8) is 0 Å². The highest BCUT2D eigenvalue weighted by Gasteiger charge is 2.30. The molecule has 1 amide bonds. The van der Waals surface area contributed by atoms with Gasteiger partial charge in [0.25, 0.3) is 0 Å². The predicted molar refractivity (Wildman–Crippen MR) is 89.4 cm³/mol. The summed E-state index contributed by atoms with van der Waals surface area (Å²) in [7, 11) is 0. The van der Waals surface area contributed by atoms with E-state index in [4.69, 9.17) is 0 Å². The van der Waals surface area contributed by atoms with Crippen molar-refractivity contribution in [2.45, 2.75) is 26.3 Å². The standard InChI is InChI=1S/C15H22N6OS/c1-12(2)13(21-11-16-10-18-21)14(22)19-5-3-6-20(8-7-19)15-17-4-9-23-15/h4,9-13H,3,5-8H2,1-2H3/t13-/m1/s1. The van der Waals surface area contributed by atoms with Crippen LogP contribution in [0.5, 0.6) is 0 Å². The quantitative estimate of drug-likeness (QED) is 0.851. The fraction of sp³-hybridized carbons (Fsp3) is 0.600. The lowest BCUT2D eigenvalue weighted by atomic mass is 10.0. The van der Waals surface area contributed by atoms with E-state index >= 15 is 0 Å².